The third-order valence-corrected chi connectivity index (χ3v) is 2.46. The van der Waals surface area contributed by atoms with Crippen molar-refractivity contribution in [2.45, 2.75) is 0 Å². The van der Waals surface area contributed by atoms with Gasteiger partial charge in [-0.3, -0.25) is 9.11 Å². The second-order valence-corrected chi connectivity index (χ2v) is 5.51. The van der Waals surface area contributed by atoms with Gasteiger partial charge in [-0.1, -0.05) is 0 Å². The number of hydrogen-bond donors (Lipinski definition) is 3. The Morgan fingerprint density at radius 3 is 1.93 bits per heavy atom. The zero-order chi connectivity index (χ0) is 11.2. The van der Waals surface area contributed by atoms with E-state index < -0.39 is 31.7 Å². The van der Waals surface area contributed by atoms with E-state index in [1.54, 1.807) is 0 Å². The van der Waals surface area contributed by atoms with Crippen molar-refractivity contribution in [3.63, 3.8) is 0 Å². The van der Waals surface area contributed by atoms with Crippen LogP contribution in [0.3, 0.4) is 0 Å². The molecule has 0 aliphatic rings. The van der Waals surface area contributed by atoms with Crippen LogP contribution in [0.25, 0.3) is 0 Å². The van der Waals surface area contributed by atoms with Crippen LogP contribution in [0.15, 0.2) is 0 Å². The molecule has 0 atom stereocenters. The fourth-order valence-electron chi connectivity index (χ4n) is 0.494. The molecular formula is C4H11N2O6S2. The molecule has 0 aliphatic heterocycles. The van der Waals surface area contributed by atoms with Gasteiger partial charge >= 0.3 is 0 Å². The smallest absolute Gasteiger partial charge is 0.266 e. The van der Waals surface area contributed by atoms with Gasteiger partial charge in [-0.15, -0.1) is 0 Å². The summed E-state index contributed by atoms with van der Waals surface area (Å²) in [7, 11) is -8.07. The second-order valence-electron chi connectivity index (χ2n) is 2.36. The molecule has 0 saturated heterocycles. The average Bonchev–Trinajstić information content (AvgIpc) is 1.92. The van der Waals surface area contributed by atoms with Gasteiger partial charge in [0, 0.05) is 13.1 Å². The van der Waals surface area contributed by atoms with Crippen molar-refractivity contribution in [3.05, 3.63) is 0 Å². The lowest BCUT2D eigenvalue weighted by Gasteiger charge is -2.01. The Labute approximate surface area is 82.2 Å². The zero-order valence-corrected chi connectivity index (χ0v) is 8.75. The molecule has 0 fully saturated rings. The SMILES string of the molecule is O=S(=O)(O)CC[N]NCCS(=O)(=O)O. The van der Waals surface area contributed by atoms with Crippen molar-refractivity contribution in [3.8, 4) is 0 Å². The molecule has 0 spiro atoms. The molecule has 0 aromatic heterocycles. The first-order valence-corrected chi connectivity index (χ1v) is 6.72. The summed E-state index contributed by atoms with van der Waals surface area (Å²) in [5.74, 6) is -1.05. The van der Waals surface area contributed by atoms with Crippen LogP contribution in [0.1, 0.15) is 0 Å². The molecule has 0 heterocycles. The Bertz CT molecular complexity index is 310. The van der Waals surface area contributed by atoms with Gasteiger partial charge in [0.25, 0.3) is 20.2 Å². The van der Waals surface area contributed by atoms with Crippen molar-refractivity contribution in [1.29, 1.82) is 0 Å². The summed E-state index contributed by atoms with van der Waals surface area (Å²) >= 11 is 0. The van der Waals surface area contributed by atoms with Crippen LogP contribution in [0.5, 0.6) is 0 Å². The predicted octanol–water partition coefficient (Wildman–Crippen LogP) is -2.13. The molecule has 1 radical (unpaired) electrons. The van der Waals surface area contributed by atoms with Gasteiger partial charge in [0.2, 0.25) is 0 Å². The topological polar surface area (TPSA) is 135 Å². The quantitative estimate of drug-likeness (QED) is 0.265. The molecule has 0 rings (SSSR count). The second kappa shape index (κ2) is 5.58. The fourth-order valence-corrected chi connectivity index (χ4v) is 1.16. The highest BCUT2D eigenvalue weighted by Crippen LogP contribution is 1.80. The maximum absolute atomic E-state index is 10.2. The molecule has 3 N–H and O–H groups in total. The van der Waals surface area contributed by atoms with Crippen LogP contribution in [0, 0.1) is 0 Å². The molecule has 14 heavy (non-hydrogen) atoms. The molecule has 8 nitrogen and oxygen atoms in total. The molecule has 85 valence electrons. The van der Waals surface area contributed by atoms with E-state index in [1.165, 1.54) is 0 Å². The fraction of sp³-hybridized carbons (Fsp3) is 1.00. The number of nitrogens with zero attached hydrogens (tertiary/aromatic N) is 1. The Hall–Kier alpha value is -0.260. The first kappa shape index (κ1) is 13.7. The number of nitrogens with one attached hydrogen (secondary N) is 1. The van der Waals surface area contributed by atoms with E-state index in [4.69, 9.17) is 9.11 Å². The van der Waals surface area contributed by atoms with Crippen molar-refractivity contribution in [2.75, 3.05) is 24.6 Å². The summed E-state index contributed by atoms with van der Waals surface area (Å²) < 4.78 is 57.1. The highest BCUT2D eigenvalue weighted by atomic mass is 32.2. The minimum absolute atomic E-state index is 0.121. The van der Waals surface area contributed by atoms with E-state index in [2.05, 4.69) is 10.9 Å². The molecular weight excluding hydrogens is 236 g/mol. The van der Waals surface area contributed by atoms with Crippen molar-refractivity contribution < 1.29 is 25.9 Å². The summed E-state index contributed by atoms with van der Waals surface area (Å²) in [5, 5.41) is 0. The minimum atomic E-state index is -4.04. The molecule has 0 saturated carbocycles. The largest absolute Gasteiger partial charge is 0.286 e. The van der Waals surface area contributed by atoms with E-state index >= 15 is 0 Å². The Kier molecular flexibility index (Phi) is 5.48. The van der Waals surface area contributed by atoms with Gasteiger partial charge in [-0.2, -0.15) is 22.3 Å². The molecule has 10 heteroatoms. The Balaban J connectivity index is 3.41. The zero-order valence-electron chi connectivity index (χ0n) is 7.12. The highest BCUT2D eigenvalue weighted by molar-refractivity contribution is 7.86. The lowest BCUT2D eigenvalue weighted by molar-refractivity contribution is 0.465. The Morgan fingerprint density at radius 1 is 1.00 bits per heavy atom. The van der Waals surface area contributed by atoms with Gasteiger partial charge in [-0.25, -0.2) is 5.43 Å². The third-order valence-electron chi connectivity index (χ3n) is 1.04. The maximum Gasteiger partial charge on any atom is 0.266 e. The Morgan fingerprint density at radius 2 is 1.50 bits per heavy atom. The molecule has 0 amide bonds. The van der Waals surface area contributed by atoms with Gasteiger partial charge < -0.3 is 0 Å². The average molecular weight is 247 g/mol. The summed E-state index contributed by atoms with van der Waals surface area (Å²) in [6.07, 6.45) is 0. The molecule has 0 bridgehead atoms. The van der Waals surface area contributed by atoms with Crippen LogP contribution < -0.4 is 10.9 Å². The van der Waals surface area contributed by atoms with Crippen LogP contribution in [0.2, 0.25) is 0 Å². The van der Waals surface area contributed by atoms with Gasteiger partial charge in [0.1, 0.15) is 0 Å². The predicted molar refractivity (Wildman–Crippen MR) is 47.8 cm³/mol. The van der Waals surface area contributed by atoms with Crippen LogP contribution in [0.4, 0.5) is 0 Å². The maximum atomic E-state index is 10.2. The van der Waals surface area contributed by atoms with Gasteiger partial charge in [0.15, 0.2) is 0 Å². The van der Waals surface area contributed by atoms with E-state index in [0.717, 1.165) is 0 Å². The van der Waals surface area contributed by atoms with Gasteiger partial charge in [0.05, 0.1) is 11.5 Å². The van der Waals surface area contributed by atoms with Crippen LogP contribution >= 0.6 is 0 Å². The highest BCUT2D eigenvalue weighted by Gasteiger charge is 2.05. The van der Waals surface area contributed by atoms with E-state index in [-0.39, 0.29) is 13.1 Å². The van der Waals surface area contributed by atoms with Crippen molar-refractivity contribution in [2.24, 2.45) is 0 Å². The van der Waals surface area contributed by atoms with Crippen molar-refractivity contribution in [1.82, 2.24) is 10.9 Å². The minimum Gasteiger partial charge on any atom is -0.286 e. The number of rotatable bonds is 7. The van der Waals surface area contributed by atoms with Crippen LogP contribution in [-0.4, -0.2) is 50.5 Å². The summed E-state index contributed by atoms with van der Waals surface area (Å²) in [5.41, 5.74) is 5.62. The normalized spacial score (nSPS) is 13.0. The monoisotopic (exact) mass is 247 g/mol. The molecule has 0 aromatic carbocycles. The van der Waals surface area contributed by atoms with Crippen LogP contribution in [-0.2, 0) is 20.2 Å². The van der Waals surface area contributed by atoms with E-state index in [1.807, 2.05) is 0 Å². The first-order chi connectivity index (χ1) is 6.21. The van der Waals surface area contributed by atoms with Crippen molar-refractivity contribution >= 4 is 20.2 Å². The summed E-state index contributed by atoms with van der Waals surface area (Å²) in [4.78, 5) is 0. The third kappa shape index (κ3) is 11.7. The molecule has 0 aliphatic carbocycles. The lowest BCUT2D eigenvalue weighted by atomic mass is 10.7. The summed E-state index contributed by atoms with van der Waals surface area (Å²) in [6.45, 7) is -0.311. The number of hydrogen-bond acceptors (Lipinski definition) is 5. The summed E-state index contributed by atoms with van der Waals surface area (Å²) in [6, 6.07) is 0. The first-order valence-electron chi connectivity index (χ1n) is 3.50. The molecule has 0 aromatic rings. The molecule has 0 unspecified atom stereocenters. The standard InChI is InChI=1S/C4H11N2O6S2/c7-13(8,9)3-1-5-6-2-4-14(10,11)12/h5H,1-4H2,(H,7,8,9)(H,10,11,12). The van der Waals surface area contributed by atoms with E-state index in [0.29, 0.717) is 0 Å². The lowest BCUT2D eigenvalue weighted by Crippen LogP contribution is -2.32. The van der Waals surface area contributed by atoms with Gasteiger partial charge in [-0.05, 0) is 0 Å². The van der Waals surface area contributed by atoms with E-state index in [9.17, 15) is 16.8 Å².